The average molecular weight is 489 g/mol. The Labute approximate surface area is 206 Å². The van der Waals surface area contributed by atoms with Crippen molar-refractivity contribution in [2.24, 2.45) is 10.7 Å². The van der Waals surface area contributed by atoms with Crippen molar-refractivity contribution < 1.29 is 18.7 Å². The molecule has 1 heterocycles. The van der Waals surface area contributed by atoms with Crippen LogP contribution in [0.5, 0.6) is 11.5 Å². The fraction of sp³-hybridized carbons (Fsp3) is 0.250. The highest BCUT2D eigenvalue weighted by Crippen LogP contribution is 2.51. The first-order valence-electron chi connectivity index (χ1n) is 11.9. The van der Waals surface area contributed by atoms with Crippen LogP contribution < -0.4 is 9.05 Å². The minimum absolute atomic E-state index is 0.0102. The molecule has 180 valence electrons. The minimum atomic E-state index is -3.95. The standard InChI is InChI=1S/C28H29N2O4P/c1-30-27(23-16-17-23)18-24(22-14-12-21(20-31)13-15-22)19-28(30)29-35(32,33-25-8-4-2-5-9-25)34-26-10-6-3-7-11-26/h2-15,18,23,27,31H,16-17,19-20H2,1H3/b29-28+. The second-order valence-corrected chi connectivity index (χ2v) is 10.5. The molecule has 0 radical (unpaired) electrons. The molecule has 6 nitrogen and oxygen atoms in total. The van der Waals surface area contributed by atoms with Gasteiger partial charge in [-0.3, -0.25) is 0 Å². The largest absolute Gasteiger partial charge is 0.564 e. The molecule has 1 aliphatic carbocycles. The lowest BCUT2D eigenvalue weighted by Crippen LogP contribution is -2.40. The zero-order chi connectivity index (χ0) is 24.3. The van der Waals surface area contributed by atoms with Crippen LogP contribution in [0, 0.1) is 5.92 Å². The van der Waals surface area contributed by atoms with Crippen molar-refractivity contribution >= 4 is 19.2 Å². The summed E-state index contributed by atoms with van der Waals surface area (Å²) in [4.78, 5) is 2.11. The summed E-state index contributed by atoms with van der Waals surface area (Å²) >= 11 is 0. The van der Waals surface area contributed by atoms with E-state index >= 15 is 0 Å². The molecule has 7 heteroatoms. The summed E-state index contributed by atoms with van der Waals surface area (Å²) in [5.41, 5.74) is 3.05. The first-order valence-corrected chi connectivity index (χ1v) is 13.3. The van der Waals surface area contributed by atoms with Gasteiger partial charge < -0.3 is 19.1 Å². The van der Waals surface area contributed by atoms with Crippen LogP contribution in [0.3, 0.4) is 0 Å². The van der Waals surface area contributed by atoms with E-state index in [2.05, 4.69) is 15.7 Å². The van der Waals surface area contributed by atoms with Crippen molar-refractivity contribution in [3.8, 4) is 11.5 Å². The van der Waals surface area contributed by atoms with E-state index in [1.807, 2.05) is 67.7 Å². The van der Waals surface area contributed by atoms with Crippen LogP contribution in [0.1, 0.15) is 30.4 Å². The Hall–Kier alpha value is -3.34. The van der Waals surface area contributed by atoms with Crippen molar-refractivity contribution in [1.82, 2.24) is 4.90 Å². The predicted molar refractivity (Wildman–Crippen MR) is 138 cm³/mol. The van der Waals surface area contributed by atoms with Gasteiger partial charge in [0, 0.05) is 13.5 Å². The first kappa shape index (κ1) is 23.4. The van der Waals surface area contributed by atoms with E-state index in [9.17, 15) is 9.67 Å². The SMILES string of the molecule is CN1/C(=N/P(=O)(Oc2ccccc2)Oc2ccccc2)CC(c2ccc(CO)cc2)=CC1C1CC1. The Morgan fingerprint density at radius 2 is 1.49 bits per heavy atom. The van der Waals surface area contributed by atoms with Crippen LogP contribution >= 0.6 is 7.75 Å². The molecule has 5 rings (SSSR count). The highest BCUT2D eigenvalue weighted by atomic mass is 31.2. The molecule has 3 aromatic rings. The number of para-hydroxylation sites is 2. The number of benzene rings is 3. The molecule has 1 unspecified atom stereocenters. The molecule has 0 saturated heterocycles. The highest BCUT2D eigenvalue weighted by Gasteiger charge is 2.39. The molecule has 1 atom stereocenters. The molecule has 0 spiro atoms. The summed E-state index contributed by atoms with van der Waals surface area (Å²) in [5.74, 6) is 2.08. The smallest absolute Gasteiger partial charge is 0.399 e. The van der Waals surface area contributed by atoms with E-state index in [0.29, 0.717) is 29.7 Å². The Bertz CT molecular complexity index is 1210. The van der Waals surface area contributed by atoms with Gasteiger partial charge in [-0.05, 0) is 59.7 Å². The number of likely N-dealkylation sites (N-methyl/N-ethyl adjacent to an activating group) is 1. The number of nitrogens with zero attached hydrogens (tertiary/aromatic N) is 2. The van der Waals surface area contributed by atoms with Crippen LogP contribution in [0.4, 0.5) is 0 Å². The van der Waals surface area contributed by atoms with Gasteiger partial charge in [0.1, 0.15) is 17.3 Å². The maximum absolute atomic E-state index is 14.1. The fourth-order valence-electron chi connectivity index (χ4n) is 4.29. The van der Waals surface area contributed by atoms with Crippen molar-refractivity contribution in [3.05, 3.63) is 102 Å². The monoisotopic (exact) mass is 488 g/mol. The average Bonchev–Trinajstić information content (AvgIpc) is 3.72. The van der Waals surface area contributed by atoms with E-state index < -0.39 is 7.75 Å². The molecule has 35 heavy (non-hydrogen) atoms. The molecule has 3 aromatic carbocycles. The Morgan fingerprint density at radius 3 is 2.00 bits per heavy atom. The van der Waals surface area contributed by atoms with Gasteiger partial charge in [-0.25, -0.2) is 4.57 Å². The number of hydrogen-bond donors (Lipinski definition) is 1. The van der Waals surface area contributed by atoms with Crippen molar-refractivity contribution in [2.75, 3.05) is 7.05 Å². The minimum Gasteiger partial charge on any atom is -0.399 e. The number of amidine groups is 1. The highest BCUT2D eigenvalue weighted by molar-refractivity contribution is 7.53. The van der Waals surface area contributed by atoms with Gasteiger partial charge in [-0.15, -0.1) is 4.76 Å². The second-order valence-electron chi connectivity index (χ2n) is 8.96. The van der Waals surface area contributed by atoms with Gasteiger partial charge in [0.25, 0.3) is 0 Å². The lowest BCUT2D eigenvalue weighted by molar-refractivity contribution is 0.282. The van der Waals surface area contributed by atoms with Crippen LogP contribution in [0.15, 0.2) is 95.8 Å². The molecule has 1 aliphatic heterocycles. The summed E-state index contributed by atoms with van der Waals surface area (Å²) in [5, 5.41) is 9.41. The van der Waals surface area contributed by atoms with E-state index in [0.717, 1.165) is 29.5 Å². The quantitative estimate of drug-likeness (QED) is 0.375. The summed E-state index contributed by atoms with van der Waals surface area (Å²) < 4.78 is 30.6. The molecule has 1 fully saturated rings. The van der Waals surface area contributed by atoms with Gasteiger partial charge in [0.15, 0.2) is 0 Å². The first-order chi connectivity index (χ1) is 17.0. The second kappa shape index (κ2) is 10.1. The predicted octanol–water partition coefficient (Wildman–Crippen LogP) is 6.34. The van der Waals surface area contributed by atoms with Crippen molar-refractivity contribution in [2.45, 2.75) is 31.9 Å². The Balaban J connectivity index is 1.51. The van der Waals surface area contributed by atoms with Crippen molar-refractivity contribution in [1.29, 1.82) is 0 Å². The third-order valence-corrected chi connectivity index (χ3v) is 7.71. The van der Waals surface area contributed by atoms with Crippen LogP contribution in [-0.2, 0) is 11.2 Å². The van der Waals surface area contributed by atoms with Gasteiger partial charge in [-0.1, -0.05) is 66.7 Å². The van der Waals surface area contributed by atoms with Crippen LogP contribution in [0.25, 0.3) is 5.57 Å². The molecule has 0 aromatic heterocycles. The zero-order valence-corrected chi connectivity index (χ0v) is 20.6. The molecular formula is C28H29N2O4P. The zero-order valence-electron chi connectivity index (χ0n) is 19.7. The topological polar surface area (TPSA) is 71.4 Å². The van der Waals surface area contributed by atoms with Crippen LogP contribution in [-0.4, -0.2) is 28.9 Å². The maximum Gasteiger partial charge on any atom is 0.564 e. The summed E-state index contributed by atoms with van der Waals surface area (Å²) in [6.45, 7) is 0.0102. The van der Waals surface area contributed by atoms with E-state index in [4.69, 9.17) is 9.05 Å². The lowest BCUT2D eigenvalue weighted by Gasteiger charge is -2.35. The van der Waals surface area contributed by atoms with E-state index in [1.54, 1.807) is 24.3 Å². The third kappa shape index (κ3) is 5.67. The number of rotatable bonds is 8. The Kier molecular flexibility index (Phi) is 6.76. The molecule has 0 bridgehead atoms. The molecule has 1 saturated carbocycles. The molecule has 0 amide bonds. The molecular weight excluding hydrogens is 459 g/mol. The van der Waals surface area contributed by atoms with Gasteiger partial charge >= 0.3 is 7.75 Å². The molecule has 2 aliphatic rings. The van der Waals surface area contributed by atoms with E-state index in [1.165, 1.54) is 0 Å². The molecule has 1 N–H and O–H groups in total. The van der Waals surface area contributed by atoms with Gasteiger partial charge in [-0.2, -0.15) is 0 Å². The lowest BCUT2D eigenvalue weighted by atomic mass is 9.93. The summed E-state index contributed by atoms with van der Waals surface area (Å²) in [7, 11) is -1.95. The fourth-order valence-corrected chi connectivity index (χ4v) is 5.68. The summed E-state index contributed by atoms with van der Waals surface area (Å²) in [6, 6.07) is 26.1. The third-order valence-electron chi connectivity index (χ3n) is 6.35. The van der Waals surface area contributed by atoms with Gasteiger partial charge in [0.05, 0.1) is 12.6 Å². The van der Waals surface area contributed by atoms with Crippen LogP contribution in [0.2, 0.25) is 0 Å². The van der Waals surface area contributed by atoms with Crippen molar-refractivity contribution in [3.63, 3.8) is 0 Å². The van der Waals surface area contributed by atoms with E-state index in [-0.39, 0.29) is 12.6 Å². The maximum atomic E-state index is 14.1. The number of aliphatic hydroxyl groups excluding tert-OH is 1. The number of aliphatic hydroxyl groups is 1. The Morgan fingerprint density at radius 1 is 0.914 bits per heavy atom. The number of hydrogen-bond acceptors (Lipinski definition) is 4. The normalized spacial score (nSPS) is 19.4. The summed E-state index contributed by atoms with van der Waals surface area (Å²) in [6.07, 6.45) is 5.12. The van der Waals surface area contributed by atoms with Gasteiger partial charge in [0.2, 0.25) is 0 Å².